The monoisotopic (exact) mass is 588 g/mol. The number of furan rings is 1. The van der Waals surface area contributed by atoms with Gasteiger partial charge < -0.3 is 18.6 Å². The molecular formula is C31H29ClN4O4S. The second kappa shape index (κ2) is 10.6. The normalized spacial score (nSPS) is 18.6. The highest BCUT2D eigenvalue weighted by Crippen LogP contribution is 2.47. The Morgan fingerprint density at radius 3 is 2.88 bits per heavy atom. The van der Waals surface area contributed by atoms with Crippen LogP contribution in [0.3, 0.4) is 0 Å². The van der Waals surface area contributed by atoms with E-state index in [4.69, 9.17) is 35.2 Å². The first-order chi connectivity index (χ1) is 20.0. The Morgan fingerprint density at radius 2 is 2.05 bits per heavy atom. The number of imidazole rings is 1. The quantitative estimate of drug-likeness (QED) is 0.198. The number of ether oxygens (including phenoxy) is 3. The molecule has 5 aromatic rings. The van der Waals surface area contributed by atoms with E-state index in [0.29, 0.717) is 41.1 Å². The van der Waals surface area contributed by atoms with Crippen LogP contribution in [0.2, 0.25) is 0 Å². The number of rotatable bonds is 7. The fraction of sp³-hybridized carbons (Fsp3) is 0.323. The van der Waals surface area contributed by atoms with Crippen molar-refractivity contribution in [3.63, 3.8) is 0 Å². The number of aromatic nitrogens is 4. The van der Waals surface area contributed by atoms with Crippen molar-refractivity contribution in [3.05, 3.63) is 81.6 Å². The molecule has 7 rings (SSSR count). The van der Waals surface area contributed by atoms with Gasteiger partial charge in [-0.05, 0) is 56.4 Å². The van der Waals surface area contributed by atoms with Crippen LogP contribution in [-0.2, 0) is 16.8 Å². The van der Waals surface area contributed by atoms with Crippen LogP contribution in [0.25, 0.3) is 28.1 Å². The van der Waals surface area contributed by atoms with Gasteiger partial charge in [0.1, 0.15) is 29.4 Å². The van der Waals surface area contributed by atoms with E-state index in [1.54, 1.807) is 23.0 Å². The summed E-state index contributed by atoms with van der Waals surface area (Å²) < 4.78 is 25.6. The van der Waals surface area contributed by atoms with E-state index >= 15 is 0 Å². The number of hydrogen-bond acceptors (Lipinski definition) is 8. The van der Waals surface area contributed by atoms with Crippen LogP contribution in [0.1, 0.15) is 35.7 Å². The molecule has 1 aliphatic heterocycles. The number of halogens is 1. The van der Waals surface area contributed by atoms with Gasteiger partial charge in [0.2, 0.25) is 0 Å². The predicted octanol–water partition coefficient (Wildman–Crippen LogP) is 7.24. The maximum Gasteiger partial charge on any atom is 0.155 e. The van der Waals surface area contributed by atoms with Gasteiger partial charge in [0.25, 0.3) is 0 Å². The minimum atomic E-state index is -0.0871. The van der Waals surface area contributed by atoms with E-state index in [9.17, 15) is 0 Å². The summed E-state index contributed by atoms with van der Waals surface area (Å²) in [7, 11) is 1.63. The fourth-order valence-corrected chi connectivity index (χ4v) is 7.17. The number of fused-ring (bicyclic) bond motifs is 2. The van der Waals surface area contributed by atoms with Crippen LogP contribution >= 0.6 is 22.9 Å². The fourth-order valence-electron chi connectivity index (χ4n) is 5.80. The highest BCUT2D eigenvalue weighted by molar-refractivity contribution is 7.09. The van der Waals surface area contributed by atoms with Crippen LogP contribution in [0.15, 0.2) is 69.6 Å². The van der Waals surface area contributed by atoms with E-state index < -0.39 is 0 Å². The summed E-state index contributed by atoms with van der Waals surface area (Å²) in [5, 5.41) is 9.35. The van der Waals surface area contributed by atoms with E-state index in [1.165, 1.54) is 0 Å². The number of benzene rings is 1. The number of hydrogen-bond donors (Lipinski definition) is 0. The first kappa shape index (κ1) is 26.3. The van der Waals surface area contributed by atoms with Gasteiger partial charge >= 0.3 is 0 Å². The van der Waals surface area contributed by atoms with Gasteiger partial charge in [-0.1, -0.05) is 23.8 Å². The van der Waals surface area contributed by atoms with E-state index in [0.717, 1.165) is 64.9 Å². The number of allylic oxidation sites excluding steroid dienone is 4. The molecule has 1 saturated heterocycles. The molecule has 0 spiro atoms. The highest BCUT2D eigenvalue weighted by atomic mass is 35.5. The molecule has 1 aromatic carbocycles. The number of nitrogens with zero attached hydrogens (tertiary/aromatic N) is 4. The van der Waals surface area contributed by atoms with Crippen LogP contribution in [0, 0.1) is 12.8 Å². The molecule has 2 aliphatic rings. The lowest BCUT2D eigenvalue weighted by atomic mass is 9.68. The number of methoxy groups -OCH3 is 1. The minimum absolute atomic E-state index is 0.0871. The molecule has 4 aromatic heterocycles. The van der Waals surface area contributed by atoms with Crippen molar-refractivity contribution in [3.8, 4) is 23.0 Å². The molecule has 1 aliphatic carbocycles. The Kier molecular flexibility index (Phi) is 6.81. The second-order valence-corrected chi connectivity index (χ2v) is 11.8. The number of thiazole rings is 1. The lowest BCUT2D eigenvalue weighted by molar-refractivity contribution is 0.0339. The summed E-state index contributed by atoms with van der Waals surface area (Å²) in [5.41, 5.74) is 3.82. The average Bonchev–Trinajstić information content (AvgIpc) is 3.74. The van der Waals surface area contributed by atoms with Gasteiger partial charge in [-0.2, -0.15) is 5.10 Å². The molecule has 41 heavy (non-hydrogen) atoms. The van der Waals surface area contributed by atoms with Crippen molar-refractivity contribution in [1.29, 1.82) is 0 Å². The molecule has 0 N–H and O–H groups in total. The molecule has 0 amide bonds. The lowest BCUT2D eigenvalue weighted by Gasteiger charge is -2.41. The number of aryl methyl sites for hydroxylation is 1. The SMILES string of the molecule is COc1cc(OCc2csc(C3(C4C=C(Cl)C=CC4)CCOCC3)n2)c2cc(-c3cn4nc(C)ccc4n3)oc2c1. The van der Waals surface area contributed by atoms with Gasteiger partial charge in [0, 0.05) is 41.2 Å². The highest BCUT2D eigenvalue weighted by Gasteiger charge is 2.43. The maximum absolute atomic E-state index is 6.42. The van der Waals surface area contributed by atoms with Crippen LogP contribution in [-0.4, -0.2) is 39.9 Å². The van der Waals surface area contributed by atoms with Crippen LogP contribution in [0.5, 0.6) is 11.5 Å². The molecule has 8 nitrogen and oxygen atoms in total. The Labute approximate surface area is 246 Å². The molecule has 1 atom stereocenters. The van der Waals surface area contributed by atoms with Crippen molar-refractivity contribution in [2.75, 3.05) is 20.3 Å². The Hall–Kier alpha value is -3.66. The average molecular weight is 589 g/mol. The molecule has 1 unspecified atom stereocenters. The van der Waals surface area contributed by atoms with Crippen molar-refractivity contribution in [1.82, 2.24) is 19.6 Å². The lowest BCUT2D eigenvalue weighted by Crippen LogP contribution is -2.40. The van der Waals surface area contributed by atoms with Crippen molar-refractivity contribution >= 4 is 39.6 Å². The smallest absolute Gasteiger partial charge is 0.155 e. The Balaban J connectivity index is 1.17. The zero-order valence-corrected chi connectivity index (χ0v) is 24.4. The molecule has 5 heterocycles. The predicted molar refractivity (Wildman–Crippen MR) is 159 cm³/mol. The molecule has 210 valence electrons. The van der Waals surface area contributed by atoms with E-state index in [1.807, 2.05) is 49.5 Å². The third-order valence-corrected chi connectivity index (χ3v) is 9.35. The van der Waals surface area contributed by atoms with Crippen LogP contribution < -0.4 is 9.47 Å². The molecule has 10 heteroatoms. The summed E-state index contributed by atoms with van der Waals surface area (Å²) >= 11 is 8.12. The minimum Gasteiger partial charge on any atom is -0.496 e. The molecular weight excluding hydrogens is 560 g/mol. The molecule has 0 saturated carbocycles. The van der Waals surface area contributed by atoms with Crippen molar-refractivity contribution in [2.24, 2.45) is 5.92 Å². The molecule has 0 bridgehead atoms. The summed E-state index contributed by atoms with van der Waals surface area (Å²) in [5.74, 6) is 2.24. The summed E-state index contributed by atoms with van der Waals surface area (Å²) in [6.45, 7) is 3.73. The van der Waals surface area contributed by atoms with Gasteiger partial charge in [-0.15, -0.1) is 11.3 Å². The summed E-state index contributed by atoms with van der Waals surface area (Å²) in [6, 6.07) is 9.57. The van der Waals surface area contributed by atoms with Gasteiger partial charge in [0.05, 0.1) is 35.1 Å². The third kappa shape index (κ3) is 4.92. The summed E-state index contributed by atoms with van der Waals surface area (Å²) in [4.78, 5) is 9.78. The van der Waals surface area contributed by atoms with Gasteiger partial charge in [-0.25, -0.2) is 14.5 Å². The molecule has 0 radical (unpaired) electrons. The van der Waals surface area contributed by atoms with E-state index in [-0.39, 0.29) is 5.41 Å². The third-order valence-electron chi connectivity index (χ3n) is 7.99. The zero-order chi connectivity index (χ0) is 28.0. The Morgan fingerprint density at radius 1 is 1.17 bits per heavy atom. The maximum atomic E-state index is 6.42. The topological polar surface area (TPSA) is 83.9 Å². The van der Waals surface area contributed by atoms with Gasteiger partial charge in [-0.3, -0.25) is 0 Å². The van der Waals surface area contributed by atoms with Crippen LogP contribution in [0.4, 0.5) is 0 Å². The van der Waals surface area contributed by atoms with Crippen molar-refractivity contribution < 1.29 is 18.6 Å². The first-order valence-electron chi connectivity index (χ1n) is 13.6. The first-order valence-corrected chi connectivity index (χ1v) is 14.9. The standard InChI is InChI=1S/C31H29ClN4O4S/c1-19-6-7-29-34-25(16-36(29)35-19)28-15-24-26(13-23(37-2)14-27(24)40-28)39-17-22-18-41-30(33-22)31(8-10-38-11-9-31)20-4-3-5-21(32)12-20/h3,5-7,12-16,18,20H,4,8-11,17H2,1-2H3. The summed E-state index contributed by atoms with van der Waals surface area (Å²) in [6.07, 6.45) is 11.0. The largest absolute Gasteiger partial charge is 0.496 e. The van der Waals surface area contributed by atoms with Crippen molar-refractivity contribution in [2.45, 2.75) is 38.2 Å². The zero-order valence-electron chi connectivity index (χ0n) is 22.8. The Bertz CT molecular complexity index is 1800. The van der Waals surface area contributed by atoms with Gasteiger partial charge in [0.15, 0.2) is 11.4 Å². The van der Waals surface area contributed by atoms with E-state index in [2.05, 4.69) is 27.6 Å². The second-order valence-electron chi connectivity index (χ2n) is 10.5. The molecule has 1 fully saturated rings.